The molecule has 4 rings (SSSR count). The summed E-state index contributed by atoms with van der Waals surface area (Å²) >= 11 is 6.84. The molecule has 0 aliphatic carbocycles. The number of thiophene rings is 1. The van der Waals surface area contributed by atoms with Gasteiger partial charge in [0.05, 0.1) is 28.0 Å². The third kappa shape index (κ3) is 5.23. The molecule has 0 atom stereocenters. The Hall–Kier alpha value is -3.41. The maximum Gasteiger partial charge on any atom is 0.331 e. The van der Waals surface area contributed by atoms with Crippen molar-refractivity contribution in [2.24, 2.45) is 7.05 Å². The van der Waals surface area contributed by atoms with E-state index in [1.54, 1.807) is 19.2 Å². The summed E-state index contributed by atoms with van der Waals surface area (Å²) in [7, 11) is -0.714. The smallest absolute Gasteiger partial charge is 0.331 e. The molecule has 1 N–H and O–H groups in total. The van der Waals surface area contributed by atoms with Gasteiger partial charge in [-0.15, -0.1) is 11.3 Å². The van der Waals surface area contributed by atoms with Crippen molar-refractivity contribution in [1.29, 1.82) is 0 Å². The molecule has 0 aliphatic rings. The van der Waals surface area contributed by atoms with Gasteiger partial charge in [0.2, 0.25) is 0 Å². The lowest BCUT2D eigenvalue weighted by atomic mass is 10.2. The number of hydrogen-bond acceptors (Lipinski definition) is 7. The summed E-state index contributed by atoms with van der Waals surface area (Å²) in [5.74, 6) is -0.141. The number of fused-ring (bicyclic) bond motifs is 1. The molecule has 2 aromatic carbocycles. The number of hydrogen-bond donors (Lipinski definition) is 1. The average Bonchev–Trinajstić information content (AvgIpc) is 3.33. The van der Waals surface area contributed by atoms with E-state index in [2.05, 4.69) is 5.32 Å². The maximum absolute atomic E-state index is 13.1. The third-order valence-electron chi connectivity index (χ3n) is 5.60. The SMILES string of the molecule is COc1ccc(CNC(=O)c2cc3c(=O)n(CCS(=O)(=O)c4ccc(Cl)cc4)c(=O)n(C)c3s2)cc1. The number of amides is 1. The Kier molecular flexibility index (Phi) is 7.34. The number of nitrogens with zero attached hydrogens (tertiary/aromatic N) is 2. The summed E-state index contributed by atoms with van der Waals surface area (Å²) < 4.78 is 32.6. The highest BCUT2D eigenvalue weighted by atomic mass is 35.5. The standard InChI is InChI=1S/C24H22ClN3O6S2/c1-27-23-19(13-20(35-23)21(29)26-14-15-3-7-17(34-2)8-4-15)22(30)28(24(27)31)11-12-36(32,33)18-9-5-16(25)6-10-18/h3-10,13H,11-12,14H2,1-2H3,(H,26,29). The summed E-state index contributed by atoms with van der Waals surface area (Å²) in [5.41, 5.74) is -0.447. The fourth-order valence-corrected chi connectivity index (χ4v) is 5.93. The number of methoxy groups -OCH3 is 1. The summed E-state index contributed by atoms with van der Waals surface area (Å²) in [6, 6.07) is 14.3. The van der Waals surface area contributed by atoms with Crippen molar-refractivity contribution >= 4 is 48.9 Å². The third-order valence-corrected chi connectivity index (χ3v) is 8.78. The van der Waals surface area contributed by atoms with E-state index in [-0.39, 0.29) is 28.2 Å². The zero-order chi connectivity index (χ0) is 26.0. The van der Waals surface area contributed by atoms with Gasteiger partial charge in [0.25, 0.3) is 11.5 Å². The molecule has 2 heterocycles. The van der Waals surface area contributed by atoms with Gasteiger partial charge in [-0.2, -0.15) is 0 Å². The van der Waals surface area contributed by atoms with E-state index in [1.807, 2.05) is 12.1 Å². The number of halogens is 1. The summed E-state index contributed by atoms with van der Waals surface area (Å²) in [4.78, 5) is 39.3. The minimum Gasteiger partial charge on any atom is -0.497 e. The zero-order valence-corrected chi connectivity index (χ0v) is 21.7. The van der Waals surface area contributed by atoms with Crippen molar-refractivity contribution in [2.45, 2.75) is 18.0 Å². The molecule has 4 aromatic rings. The number of sulfone groups is 1. The fourth-order valence-electron chi connectivity index (χ4n) is 3.58. The van der Waals surface area contributed by atoms with Crippen LogP contribution >= 0.6 is 22.9 Å². The van der Waals surface area contributed by atoms with Crippen LogP contribution in [0.25, 0.3) is 10.2 Å². The number of carbonyl (C=O) groups excluding carboxylic acids is 1. The second kappa shape index (κ2) is 10.3. The van der Waals surface area contributed by atoms with Crippen molar-refractivity contribution in [3.63, 3.8) is 0 Å². The number of rotatable bonds is 8. The lowest BCUT2D eigenvalue weighted by molar-refractivity contribution is 0.0955. The predicted molar refractivity (Wildman–Crippen MR) is 139 cm³/mol. The highest BCUT2D eigenvalue weighted by Gasteiger charge is 2.20. The Balaban J connectivity index is 1.57. The Morgan fingerprint density at radius 1 is 1.08 bits per heavy atom. The number of benzene rings is 2. The number of ether oxygens (including phenoxy) is 1. The van der Waals surface area contributed by atoms with Gasteiger partial charge in [0.1, 0.15) is 10.6 Å². The van der Waals surface area contributed by atoms with E-state index in [0.717, 1.165) is 21.5 Å². The molecule has 9 nitrogen and oxygen atoms in total. The van der Waals surface area contributed by atoms with Gasteiger partial charge < -0.3 is 10.1 Å². The minimum atomic E-state index is -3.76. The Morgan fingerprint density at radius 2 is 1.75 bits per heavy atom. The van der Waals surface area contributed by atoms with E-state index in [1.165, 1.54) is 41.9 Å². The van der Waals surface area contributed by atoms with Crippen LogP contribution in [-0.2, 0) is 30.0 Å². The van der Waals surface area contributed by atoms with E-state index < -0.39 is 32.7 Å². The molecule has 188 valence electrons. The van der Waals surface area contributed by atoms with Gasteiger partial charge >= 0.3 is 5.69 Å². The van der Waals surface area contributed by atoms with Crippen LogP contribution in [0.1, 0.15) is 15.2 Å². The van der Waals surface area contributed by atoms with E-state index in [9.17, 15) is 22.8 Å². The molecule has 1 amide bonds. The van der Waals surface area contributed by atoms with Crippen molar-refractivity contribution < 1.29 is 17.9 Å². The summed E-state index contributed by atoms with van der Waals surface area (Å²) in [6.07, 6.45) is 0. The zero-order valence-electron chi connectivity index (χ0n) is 19.4. The first-order valence-corrected chi connectivity index (χ1v) is 13.6. The van der Waals surface area contributed by atoms with Crippen LogP contribution in [0.5, 0.6) is 5.75 Å². The number of aromatic nitrogens is 2. The molecule has 0 aliphatic heterocycles. The van der Waals surface area contributed by atoms with Crippen LogP contribution in [0.2, 0.25) is 5.02 Å². The molecular weight excluding hydrogens is 526 g/mol. The van der Waals surface area contributed by atoms with Crippen molar-refractivity contribution in [2.75, 3.05) is 12.9 Å². The first-order chi connectivity index (χ1) is 17.1. The molecule has 0 radical (unpaired) electrons. The molecule has 0 fully saturated rings. The van der Waals surface area contributed by atoms with Gasteiger partial charge in [-0.25, -0.2) is 13.2 Å². The quantitative estimate of drug-likeness (QED) is 0.362. The van der Waals surface area contributed by atoms with E-state index >= 15 is 0 Å². The normalized spacial score (nSPS) is 11.5. The lowest BCUT2D eigenvalue weighted by Gasteiger charge is -2.09. The number of carbonyl (C=O) groups is 1. The van der Waals surface area contributed by atoms with E-state index in [0.29, 0.717) is 15.6 Å². The first kappa shape index (κ1) is 25.7. The van der Waals surface area contributed by atoms with Crippen LogP contribution in [0.15, 0.2) is 69.1 Å². The number of nitrogens with one attached hydrogen (secondary N) is 1. The molecule has 0 unspecified atom stereocenters. The molecule has 12 heteroatoms. The van der Waals surface area contributed by atoms with Gasteiger partial charge in [-0.1, -0.05) is 23.7 Å². The van der Waals surface area contributed by atoms with Crippen LogP contribution in [0, 0.1) is 0 Å². The number of aryl methyl sites for hydroxylation is 1. The first-order valence-electron chi connectivity index (χ1n) is 10.7. The average molecular weight is 548 g/mol. The van der Waals surface area contributed by atoms with Crippen LogP contribution in [0.4, 0.5) is 0 Å². The van der Waals surface area contributed by atoms with Crippen molar-refractivity contribution in [3.8, 4) is 5.75 Å². The highest BCUT2D eigenvalue weighted by molar-refractivity contribution is 7.91. The molecule has 0 saturated carbocycles. The Bertz CT molecular complexity index is 1650. The molecule has 2 aromatic heterocycles. The maximum atomic E-state index is 13.1. The Labute approximate surface area is 215 Å². The topological polar surface area (TPSA) is 116 Å². The molecule has 0 spiro atoms. The summed E-state index contributed by atoms with van der Waals surface area (Å²) in [6.45, 7) is -0.0654. The van der Waals surface area contributed by atoms with Crippen molar-refractivity contribution in [3.05, 3.63) is 90.9 Å². The molecule has 0 bridgehead atoms. The largest absolute Gasteiger partial charge is 0.497 e. The molecular formula is C24H22ClN3O6S2. The van der Waals surface area contributed by atoms with Crippen LogP contribution in [0.3, 0.4) is 0 Å². The van der Waals surface area contributed by atoms with Gasteiger partial charge in [0, 0.05) is 25.2 Å². The van der Waals surface area contributed by atoms with Gasteiger partial charge in [0.15, 0.2) is 9.84 Å². The molecule has 0 saturated heterocycles. The predicted octanol–water partition coefficient (Wildman–Crippen LogP) is 2.83. The molecule has 36 heavy (non-hydrogen) atoms. The second-order valence-electron chi connectivity index (χ2n) is 7.93. The van der Waals surface area contributed by atoms with Crippen LogP contribution < -0.4 is 21.3 Å². The fraction of sp³-hybridized carbons (Fsp3) is 0.208. The van der Waals surface area contributed by atoms with Crippen molar-refractivity contribution in [1.82, 2.24) is 14.5 Å². The monoisotopic (exact) mass is 547 g/mol. The van der Waals surface area contributed by atoms with Crippen LogP contribution in [-0.4, -0.2) is 36.3 Å². The second-order valence-corrected chi connectivity index (χ2v) is 11.5. The Morgan fingerprint density at radius 3 is 2.39 bits per heavy atom. The van der Waals surface area contributed by atoms with Gasteiger partial charge in [-0.3, -0.25) is 18.7 Å². The summed E-state index contributed by atoms with van der Waals surface area (Å²) in [5, 5.41) is 3.36. The van der Waals surface area contributed by atoms with Gasteiger partial charge in [-0.05, 0) is 48.0 Å². The van der Waals surface area contributed by atoms with E-state index in [4.69, 9.17) is 16.3 Å². The highest BCUT2D eigenvalue weighted by Crippen LogP contribution is 2.22. The minimum absolute atomic E-state index is 0.0456. The lowest BCUT2D eigenvalue weighted by Crippen LogP contribution is -2.40.